The van der Waals surface area contributed by atoms with Crippen LogP contribution in [0.25, 0.3) is 0 Å². The number of aliphatic carboxylic acids is 1. The Hall–Kier alpha value is -1.69. The highest BCUT2D eigenvalue weighted by molar-refractivity contribution is 5.86. The Bertz CT molecular complexity index is 368. The van der Waals surface area contributed by atoms with E-state index in [-0.39, 0.29) is 17.9 Å². The van der Waals surface area contributed by atoms with Gasteiger partial charge in [0.05, 0.1) is 0 Å². The molecule has 0 bridgehead atoms. The summed E-state index contributed by atoms with van der Waals surface area (Å²) in [6.07, 6.45) is 6.07. The van der Waals surface area contributed by atoms with E-state index in [1.807, 2.05) is 0 Å². The molecule has 0 saturated heterocycles. The lowest BCUT2D eigenvalue weighted by atomic mass is 10.00. The van der Waals surface area contributed by atoms with Crippen molar-refractivity contribution in [2.75, 3.05) is 6.54 Å². The van der Waals surface area contributed by atoms with Crippen LogP contribution in [0.3, 0.4) is 0 Å². The number of amides is 1. The second-order valence-corrected chi connectivity index (χ2v) is 4.64. The van der Waals surface area contributed by atoms with Gasteiger partial charge < -0.3 is 16.2 Å². The smallest absolute Gasteiger partial charge is 0.320 e. The van der Waals surface area contributed by atoms with Gasteiger partial charge in [-0.15, -0.1) is 6.58 Å². The first kappa shape index (κ1) is 15.4. The van der Waals surface area contributed by atoms with Crippen LogP contribution in [0, 0.1) is 5.92 Å². The van der Waals surface area contributed by atoms with Crippen molar-refractivity contribution in [3.8, 4) is 0 Å². The van der Waals surface area contributed by atoms with Gasteiger partial charge in [0.25, 0.3) is 0 Å². The third-order valence-electron chi connectivity index (χ3n) is 3.18. The molecule has 4 N–H and O–H groups in total. The maximum atomic E-state index is 11.8. The minimum Gasteiger partial charge on any atom is -0.480 e. The number of nitrogens with two attached hydrogens (primary N) is 1. The van der Waals surface area contributed by atoms with Crippen LogP contribution >= 0.6 is 0 Å². The fourth-order valence-electron chi connectivity index (χ4n) is 1.95. The van der Waals surface area contributed by atoms with Crippen LogP contribution in [-0.4, -0.2) is 41.8 Å². The van der Waals surface area contributed by atoms with E-state index in [1.54, 1.807) is 12.3 Å². The van der Waals surface area contributed by atoms with Crippen LogP contribution in [0.15, 0.2) is 17.6 Å². The fourth-order valence-corrected chi connectivity index (χ4v) is 1.95. The number of carbonyl (C=O) groups is 2. The summed E-state index contributed by atoms with van der Waals surface area (Å²) in [7, 11) is 0. The molecule has 0 aromatic carbocycles. The fraction of sp³-hybridized carbons (Fsp3) is 0.615. The first-order chi connectivity index (χ1) is 9.06. The molecule has 6 nitrogen and oxygen atoms in total. The van der Waals surface area contributed by atoms with E-state index in [2.05, 4.69) is 16.9 Å². The Morgan fingerprint density at radius 1 is 1.58 bits per heavy atom. The third-order valence-corrected chi connectivity index (χ3v) is 3.18. The van der Waals surface area contributed by atoms with Gasteiger partial charge >= 0.3 is 5.97 Å². The number of aliphatic imine (C=N–C) groups is 1. The number of carboxylic acid groups (broad SMARTS) is 1. The molecule has 0 aliphatic carbocycles. The number of carboxylic acids is 1. The molecule has 1 aliphatic rings. The first-order valence-electron chi connectivity index (χ1n) is 6.46. The Kier molecular flexibility index (Phi) is 6.21. The van der Waals surface area contributed by atoms with E-state index in [1.165, 1.54) is 0 Å². The van der Waals surface area contributed by atoms with Crippen LogP contribution in [0.5, 0.6) is 0 Å². The summed E-state index contributed by atoms with van der Waals surface area (Å²) < 4.78 is 0. The Labute approximate surface area is 112 Å². The minimum absolute atomic E-state index is 0.0837. The Morgan fingerprint density at radius 2 is 2.32 bits per heavy atom. The third kappa shape index (κ3) is 4.82. The lowest BCUT2D eigenvalue weighted by molar-refractivity contribution is -0.138. The van der Waals surface area contributed by atoms with Crippen molar-refractivity contribution in [1.29, 1.82) is 0 Å². The summed E-state index contributed by atoms with van der Waals surface area (Å²) in [6, 6.07) is -1.18. The molecule has 0 aromatic heterocycles. The molecule has 6 heteroatoms. The SMILES string of the molecule is C=C[C@@H]1CC=N[C@H]1C(=O)NCCCC[C@H](N)C(=O)O. The van der Waals surface area contributed by atoms with E-state index in [0.29, 0.717) is 25.8 Å². The highest BCUT2D eigenvalue weighted by atomic mass is 16.4. The van der Waals surface area contributed by atoms with Crippen LogP contribution in [-0.2, 0) is 9.59 Å². The summed E-state index contributed by atoms with van der Waals surface area (Å²) in [4.78, 5) is 26.5. The summed E-state index contributed by atoms with van der Waals surface area (Å²) in [5, 5.41) is 11.4. The van der Waals surface area contributed by atoms with Crippen molar-refractivity contribution in [2.24, 2.45) is 16.6 Å². The zero-order chi connectivity index (χ0) is 14.3. The highest BCUT2D eigenvalue weighted by Crippen LogP contribution is 2.18. The van der Waals surface area contributed by atoms with Crippen LogP contribution < -0.4 is 11.1 Å². The molecule has 0 aromatic rings. The van der Waals surface area contributed by atoms with Gasteiger partial charge in [-0.2, -0.15) is 0 Å². The molecule has 0 unspecified atom stereocenters. The maximum absolute atomic E-state index is 11.8. The van der Waals surface area contributed by atoms with Crippen molar-refractivity contribution >= 4 is 18.1 Å². The van der Waals surface area contributed by atoms with E-state index in [4.69, 9.17) is 10.8 Å². The number of nitrogens with zero attached hydrogens (tertiary/aromatic N) is 1. The minimum atomic E-state index is -0.988. The molecule has 106 valence electrons. The summed E-state index contributed by atoms with van der Waals surface area (Å²) in [5.74, 6) is -1.00. The molecule has 19 heavy (non-hydrogen) atoms. The molecule has 1 amide bonds. The zero-order valence-corrected chi connectivity index (χ0v) is 10.9. The van der Waals surface area contributed by atoms with Crippen molar-refractivity contribution < 1.29 is 14.7 Å². The van der Waals surface area contributed by atoms with Gasteiger partial charge in [0.1, 0.15) is 12.1 Å². The highest BCUT2D eigenvalue weighted by Gasteiger charge is 2.27. The normalized spacial score (nSPS) is 23.0. The van der Waals surface area contributed by atoms with Crippen LogP contribution in [0.2, 0.25) is 0 Å². The number of nitrogens with one attached hydrogen (secondary N) is 1. The maximum Gasteiger partial charge on any atom is 0.320 e. The van der Waals surface area contributed by atoms with Gasteiger partial charge in [-0.3, -0.25) is 14.6 Å². The second-order valence-electron chi connectivity index (χ2n) is 4.64. The first-order valence-corrected chi connectivity index (χ1v) is 6.46. The average Bonchev–Trinajstić information content (AvgIpc) is 2.85. The van der Waals surface area contributed by atoms with Gasteiger partial charge in [0, 0.05) is 18.7 Å². The summed E-state index contributed by atoms with van der Waals surface area (Å²) >= 11 is 0. The van der Waals surface area contributed by atoms with Crippen LogP contribution in [0.1, 0.15) is 25.7 Å². The van der Waals surface area contributed by atoms with Gasteiger partial charge in [-0.05, 0) is 25.7 Å². The molecule has 1 rings (SSSR count). The van der Waals surface area contributed by atoms with E-state index < -0.39 is 12.0 Å². The largest absolute Gasteiger partial charge is 0.480 e. The molecule has 1 heterocycles. The Balaban J connectivity index is 2.16. The van der Waals surface area contributed by atoms with Crippen LogP contribution in [0.4, 0.5) is 0 Å². The van der Waals surface area contributed by atoms with E-state index in [0.717, 1.165) is 6.42 Å². The van der Waals surface area contributed by atoms with Crippen molar-refractivity contribution in [3.05, 3.63) is 12.7 Å². The quantitative estimate of drug-likeness (QED) is 0.435. The van der Waals surface area contributed by atoms with E-state index in [9.17, 15) is 9.59 Å². The average molecular weight is 267 g/mol. The predicted octanol–water partition coefficient (Wildman–Crippen LogP) is 0.330. The molecule has 1 aliphatic heterocycles. The molecule has 0 radical (unpaired) electrons. The molecular weight excluding hydrogens is 246 g/mol. The summed E-state index contributed by atoms with van der Waals surface area (Å²) in [5.41, 5.74) is 5.38. The molecule has 3 atom stereocenters. The molecular formula is C13H21N3O3. The predicted molar refractivity (Wildman–Crippen MR) is 73.1 cm³/mol. The number of carbonyl (C=O) groups excluding carboxylic acids is 1. The second kappa shape index (κ2) is 7.68. The Morgan fingerprint density at radius 3 is 2.95 bits per heavy atom. The standard InChI is InChI=1S/C13H21N3O3/c1-2-9-6-8-15-11(9)12(17)16-7-4-3-5-10(14)13(18)19/h2,8-11H,1,3-7,14H2,(H,16,17)(H,18,19)/t9-,10+,11-/m1/s1. The topological polar surface area (TPSA) is 105 Å². The van der Waals surface area contributed by atoms with Gasteiger partial charge in [-0.1, -0.05) is 6.08 Å². The van der Waals surface area contributed by atoms with E-state index >= 15 is 0 Å². The number of hydrogen-bond donors (Lipinski definition) is 3. The summed E-state index contributed by atoms with van der Waals surface area (Å²) in [6.45, 7) is 4.21. The van der Waals surface area contributed by atoms with Gasteiger partial charge in [-0.25, -0.2) is 0 Å². The van der Waals surface area contributed by atoms with Crippen molar-refractivity contribution in [1.82, 2.24) is 5.32 Å². The number of unbranched alkanes of at least 4 members (excludes halogenated alkanes) is 1. The molecule has 0 fully saturated rings. The molecule has 0 saturated carbocycles. The lowest BCUT2D eigenvalue weighted by Gasteiger charge is -2.14. The van der Waals surface area contributed by atoms with Gasteiger partial charge in [0.2, 0.25) is 5.91 Å². The molecule has 0 spiro atoms. The zero-order valence-electron chi connectivity index (χ0n) is 10.9. The number of rotatable bonds is 8. The van der Waals surface area contributed by atoms with Crippen molar-refractivity contribution in [3.63, 3.8) is 0 Å². The number of hydrogen-bond acceptors (Lipinski definition) is 4. The van der Waals surface area contributed by atoms with Crippen molar-refractivity contribution in [2.45, 2.75) is 37.8 Å². The monoisotopic (exact) mass is 267 g/mol. The lowest BCUT2D eigenvalue weighted by Crippen LogP contribution is -2.36. The van der Waals surface area contributed by atoms with Gasteiger partial charge in [0.15, 0.2) is 0 Å².